The van der Waals surface area contributed by atoms with Gasteiger partial charge in [0.05, 0.1) is 6.10 Å². The van der Waals surface area contributed by atoms with Crippen molar-refractivity contribution in [2.45, 2.75) is 50.0 Å². The van der Waals surface area contributed by atoms with Gasteiger partial charge in [0, 0.05) is 18.0 Å². The summed E-state index contributed by atoms with van der Waals surface area (Å²) in [6.07, 6.45) is 4.75. The summed E-state index contributed by atoms with van der Waals surface area (Å²) in [6.45, 7) is 5.27. The van der Waals surface area contributed by atoms with Crippen LogP contribution in [-0.4, -0.2) is 28.7 Å². The summed E-state index contributed by atoms with van der Waals surface area (Å²) in [7, 11) is 0. The minimum Gasteiger partial charge on any atom is -0.377 e. The Morgan fingerprint density at radius 1 is 1.26 bits per heavy atom. The molecule has 1 fully saturated rings. The molecule has 4 nitrogen and oxygen atoms in total. The minimum atomic E-state index is 0.382. The zero-order valence-corrected chi connectivity index (χ0v) is 15.3. The largest absolute Gasteiger partial charge is 0.377 e. The maximum absolute atomic E-state index is 5.66. The van der Waals surface area contributed by atoms with E-state index in [0.717, 1.165) is 34.7 Å². The van der Waals surface area contributed by atoms with Crippen molar-refractivity contribution < 1.29 is 4.74 Å². The number of aryl methyl sites for hydroxylation is 2. The molecule has 23 heavy (non-hydrogen) atoms. The lowest BCUT2D eigenvalue weighted by Gasteiger charge is -2.13. The molecule has 1 aliphatic rings. The van der Waals surface area contributed by atoms with E-state index in [-0.39, 0.29) is 0 Å². The highest BCUT2D eigenvalue weighted by Gasteiger charge is 2.17. The number of nitrogens with one attached hydrogen (secondary N) is 1. The number of thioether (sulfide) groups is 1. The zero-order valence-electron chi connectivity index (χ0n) is 13.7. The Labute approximate surface area is 146 Å². The van der Waals surface area contributed by atoms with Gasteiger partial charge < -0.3 is 10.1 Å². The third kappa shape index (κ3) is 4.25. The standard InChI is InChI=1S/C17H23N3OS2/c1-3-12-7-5-8-13(4-2)15(12)18-16-19-20-17(23-16)22-11-14-9-6-10-21-14/h5,7-8,14H,3-4,6,9-11H2,1-2H3,(H,18,19). The van der Waals surface area contributed by atoms with Gasteiger partial charge >= 0.3 is 0 Å². The SMILES string of the molecule is CCc1cccc(CC)c1Nc1nnc(SCC2CCCO2)s1. The lowest BCUT2D eigenvalue weighted by molar-refractivity contribution is 0.129. The van der Waals surface area contributed by atoms with E-state index in [1.54, 1.807) is 23.1 Å². The molecule has 1 unspecified atom stereocenters. The highest BCUT2D eigenvalue weighted by atomic mass is 32.2. The molecule has 0 aliphatic carbocycles. The summed E-state index contributed by atoms with van der Waals surface area (Å²) < 4.78 is 6.67. The van der Waals surface area contributed by atoms with Gasteiger partial charge in [0.15, 0.2) is 4.34 Å². The normalized spacial score (nSPS) is 17.6. The van der Waals surface area contributed by atoms with Crippen molar-refractivity contribution in [1.82, 2.24) is 10.2 Å². The van der Waals surface area contributed by atoms with Gasteiger partial charge in [-0.2, -0.15) is 0 Å². The van der Waals surface area contributed by atoms with Gasteiger partial charge in [-0.15, -0.1) is 10.2 Å². The van der Waals surface area contributed by atoms with E-state index in [9.17, 15) is 0 Å². The molecule has 1 aliphatic heterocycles. The third-order valence-electron chi connectivity index (χ3n) is 4.05. The maximum atomic E-state index is 5.66. The lowest BCUT2D eigenvalue weighted by atomic mass is 10.0. The monoisotopic (exact) mass is 349 g/mol. The van der Waals surface area contributed by atoms with Crippen LogP contribution >= 0.6 is 23.1 Å². The number of rotatable bonds is 7. The molecule has 0 spiro atoms. The van der Waals surface area contributed by atoms with Crippen LogP contribution in [0.3, 0.4) is 0 Å². The van der Waals surface area contributed by atoms with Gasteiger partial charge in [0.25, 0.3) is 0 Å². The smallest absolute Gasteiger partial charge is 0.210 e. The molecule has 1 aromatic heterocycles. The fraction of sp³-hybridized carbons (Fsp3) is 0.529. The average molecular weight is 350 g/mol. The maximum Gasteiger partial charge on any atom is 0.210 e. The summed E-state index contributed by atoms with van der Waals surface area (Å²) in [5.74, 6) is 0.973. The molecule has 3 rings (SSSR count). The van der Waals surface area contributed by atoms with E-state index >= 15 is 0 Å². The number of ether oxygens (including phenoxy) is 1. The number of nitrogens with zero attached hydrogens (tertiary/aromatic N) is 2. The van der Waals surface area contributed by atoms with Crippen LogP contribution in [0.2, 0.25) is 0 Å². The number of hydrogen-bond donors (Lipinski definition) is 1. The predicted molar refractivity (Wildman–Crippen MR) is 98.1 cm³/mol. The van der Waals surface area contributed by atoms with Crippen LogP contribution in [0.4, 0.5) is 10.8 Å². The van der Waals surface area contributed by atoms with E-state index in [1.165, 1.54) is 29.7 Å². The van der Waals surface area contributed by atoms with Gasteiger partial charge in [-0.25, -0.2) is 0 Å². The molecule has 124 valence electrons. The molecular weight excluding hydrogens is 326 g/mol. The number of hydrogen-bond acceptors (Lipinski definition) is 6. The Kier molecular flexibility index (Phi) is 5.91. The van der Waals surface area contributed by atoms with Crippen LogP contribution in [0.15, 0.2) is 22.5 Å². The molecule has 6 heteroatoms. The summed E-state index contributed by atoms with van der Waals surface area (Å²) in [5, 5.41) is 13.0. The molecule has 1 atom stereocenters. The highest BCUT2D eigenvalue weighted by Crippen LogP contribution is 2.32. The van der Waals surface area contributed by atoms with Gasteiger partial charge in [-0.1, -0.05) is 55.1 Å². The third-order valence-corrected chi connectivity index (χ3v) is 6.16. The molecule has 1 saturated heterocycles. The molecular formula is C17H23N3OS2. The van der Waals surface area contributed by atoms with E-state index in [1.807, 2.05) is 0 Å². The van der Waals surface area contributed by atoms with Crippen molar-refractivity contribution in [3.05, 3.63) is 29.3 Å². The Morgan fingerprint density at radius 3 is 2.70 bits per heavy atom. The summed E-state index contributed by atoms with van der Waals surface area (Å²) in [5.41, 5.74) is 3.85. The van der Waals surface area contributed by atoms with Crippen LogP contribution in [-0.2, 0) is 17.6 Å². The highest BCUT2D eigenvalue weighted by molar-refractivity contribution is 8.01. The minimum absolute atomic E-state index is 0.382. The number of para-hydroxylation sites is 1. The van der Waals surface area contributed by atoms with E-state index in [2.05, 4.69) is 47.6 Å². The van der Waals surface area contributed by atoms with Crippen LogP contribution in [0.1, 0.15) is 37.8 Å². The van der Waals surface area contributed by atoms with Crippen molar-refractivity contribution >= 4 is 33.9 Å². The topological polar surface area (TPSA) is 47.0 Å². The van der Waals surface area contributed by atoms with Gasteiger partial charge in [-0.3, -0.25) is 0 Å². The molecule has 1 aromatic carbocycles. The van der Waals surface area contributed by atoms with Crippen molar-refractivity contribution in [3.8, 4) is 0 Å². The van der Waals surface area contributed by atoms with E-state index in [0.29, 0.717) is 6.10 Å². The average Bonchev–Trinajstić information content (AvgIpc) is 3.24. The van der Waals surface area contributed by atoms with Crippen LogP contribution < -0.4 is 5.32 Å². The Morgan fingerprint density at radius 2 is 2.04 bits per heavy atom. The summed E-state index contributed by atoms with van der Waals surface area (Å²) >= 11 is 3.37. The summed E-state index contributed by atoms with van der Waals surface area (Å²) in [4.78, 5) is 0. The Balaban J connectivity index is 1.66. The second kappa shape index (κ2) is 8.13. The molecule has 0 bridgehead atoms. The van der Waals surface area contributed by atoms with E-state index < -0.39 is 0 Å². The number of aromatic nitrogens is 2. The quantitative estimate of drug-likeness (QED) is 0.736. The van der Waals surface area contributed by atoms with Crippen LogP contribution in [0.5, 0.6) is 0 Å². The molecule has 2 heterocycles. The summed E-state index contributed by atoms with van der Waals surface area (Å²) in [6, 6.07) is 6.48. The van der Waals surface area contributed by atoms with Gasteiger partial charge in [-0.05, 0) is 36.8 Å². The number of benzene rings is 1. The van der Waals surface area contributed by atoms with Crippen molar-refractivity contribution in [2.24, 2.45) is 0 Å². The second-order valence-corrected chi connectivity index (χ2v) is 7.85. The van der Waals surface area contributed by atoms with Crippen molar-refractivity contribution in [1.29, 1.82) is 0 Å². The van der Waals surface area contributed by atoms with E-state index in [4.69, 9.17) is 4.74 Å². The Bertz CT molecular complexity index is 616. The second-order valence-electron chi connectivity index (χ2n) is 5.60. The molecule has 0 amide bonds. The first-order valence-electron chi connectivity index (χ1n) is 8.25. The predicted octanol–water partition coefficient (Wildman–Crippen LogP) is 4.68. The Hall–Kier alpha value is -1.11. The molecule has 1 N–H and O–H groups in total. The van der Waals surface area contributed by atoms with Gasteiger partial charge in [0.1, 0.15) is 0 Å². The van der Waals surface area contributed by atoms with Crippen molar-refractivity contribution in [2.75, 3.05) is 17.7 Å². The molecule has 0 saturated carbocycles. The lowest BCUT2D eigenvalue weighted by Crippen LogP contribution is -2.07. The van der Waals surface area contributed by atoms with Crippen molar-refractivity contribution in [3.63, 3.8) is 0 Å². The van der Waals surface area contributed by atoms with Crippen LogP contribution in [0, 0.1) is 0 Å². The first kappa shape index (κ1) is 16.7. The van der Waals surface area contributed by atoms with Gasteiger partial charge in [0.2, 0.25) is 5.13 Å². The first-order chi connectivity index (χ1) is 11.3. The fourth-order valence-corrected chi connectivity index (χ4v) is 4.62. The number of anilines is 2. The molecule has 2 aromatic rings. The zero-order chi connectivity index (χ0) is 16.1. The van der Waals surface area contributed by atoms with Crippen LogP contribution in [0.25, 0.3) is 0 Å². The molecule has 0 radical (unpaired) electrons. The first-order valence-corrected chi connectivity index (χ1v) is 10.1. The fourth-order valence-electron chi connectivity index (χ4n) is 2.77.